The SMILES string of the molecule is CCC1(C(C)CC(C)OC2OC(C(=O)OC)C(O[Si](C)(C)C)C(O[Si](C)(C)C)C2O[Si](C)(C)C)C(=O)N(C)C(=O)N(C)C1=O. The first-order valence-electron chi connectivity index (χ1n) is 15.4. The molecule has 2 rings (SSSR count). The number of hydrogen-bond donors (Lipinski definition) is 0. The first-order chi connectivity index (χ1) is 19.9. The van der Waals surface area contributed by atoms with E-state index in [1.165, 1.54) is 21.2 Å². The lowest BCUT2D eigenvalue weighted by Gasteiger charge is -2.50. The number of urea groups is 1. The molecule has 0 N–H and O–H groups in total. The third kappa shape index (κ3) is 8.86. The van der Waals surface area contributed by atoms with Gasteiger partial charge in [-0.2, -0.15) is 0 Å². The van der Waals surface area contributed by atoms with Crippen LogP contribution in [0.4, 0.5) is 4.79 Å². The molecule has 2 fully saturated rings. The van der Waals surface area contributed by atoms with E-state index in [9.17, 15) is 19.2 Å². The number of ether oxygens (including phenoxy) is 3. The van der Waals surface area contributed by atoms with Crippen LogP contribution in [0.1, 0.15) is 33.6 Å². The highest BCUT2D eigenvalue weighted by atomic mass is 28.4. The van der Waals surface area contributed by atoms with E-state index in [0.29, 0.717) is 0 Å². The van der Waals surface area contributed by atoms with Crippen LogP contribution < -0.4 is 0 Å². The first-order valence-corrected chi connectivity index (χ1v) is 25.6. The fourth-order valence-corrected chi connectivity index (χ4v) is 9.20. The Labute approximate surface area is 266 Å². The molecule has 7 atom stereocenters. The molecule has 0 bridgehead atoms. The third-order valence-electron chi connectivity index (χ3n) is 7.79. The molecule has 12 nitrogen and oxygen atoms in total. The Bertz CT molecular complexity index is 1050. The van der Waals surface area contributed by atoms with E-state index in [1.54, 1.807) is 6.92 Å². The lowest BCUT2D eigenvalue weighted by atomic mass is 9.69. The maximum atomic E-state index is 13.4. The molecule has 2 aliphatic heterocycles. The van der Waals surface area contributed by atoms with Crippen molar-refractivity contribution in [3.63, 3.8) is 0 Å². The van der Waals surface area contributed by atoms with Gasteiger partial charge in [-0.25, -0.2) is 9.59 Å². The van der Waals surface area contributed by atoms with Crippen molar-refractivity contribution in [3.05, 3.63) is 0 Å². The predicted molar refractivity (Wildman–Crippen MR) is 173 cm³/mol. The van der Waals surface area contributed by atoms with E-state index >= 15 is 0 Å². The number of esters is 1. The minimum atomic E-state index is -2.23. The summed E-state index contributed by atoms with van der Waals surface area (Å²) in [4.78, 5) is 54.5. The second kappa shape index (κ2) is 14.1. The molecule has 0 saturated carbocycles. The van der Waals surface area contributed by atoms with E-state index < -0.39 is 96.9 Å². The van der Waals surface area contributed by atoms with Crippen LogP contribution >= 0.6 is 0 Å². The summed E-state index contributed by atoms with van der Waals surface area (Å²) in [6.07, 6.45) is -4.36. The van der Waals surface area contributed by atoms with Gasteiger partial charge in [-0.1, -0.05) is 13.8 Å². The van der Waals surface area contributed by atoms with Crippen LogP contribution in [0, 0.1) is 11.3 Å². The molecule has 0 spiro atoms. The monoisotopic (exact) mass is 676 g/mol. The number of rotatable bonds is 13. The number of hydrogen-bond acceptors (Lipinski definition) is 10. The number of barbiturate groups is 1. The van der Waals surface area contributed by atoms with Gasteiger partial charge in [0.1, 0.15) is 23.7 Å². The molecule has 44 heavy (non-hydrogen) atoms. The van der Waals surface area contributed by atoms with Gasteiger partial charge in [0.15, 0.2) is 37.3 Å². The average molecular weight is 677 g/mol. The molecule has 7 unspecified atom stereocenters. The second-order valence-electron chi connectivity index (χ2n) is 15.0. The Morgan fingerprint density at radius 3 is 1.66 bits per heavy atom. The number of imide groups is 2. The molecule has 0 aromatic carbocycles. The normalized spacial score (nSPS) is 28.2. The van der Waals surface area contributed by atoms with Crippen LogP contribution in [0.3, 0.4) is 0 Å². The van der Waals surface area contributed by atoms with Gasteiger partial charge in [-0.05, 0) is 84.6 Å². The number of carbonyl (C=O) groups excluding carboxylic acids is 4. The maximum Gasteiger partial charge on any atom is 0.337 e. The van der Waals surface area contributed by atoms with Crippen molar-refractivity contribution in [2.75, 3.05) is 21.2 Å². The van der Waals surface area contributed by atoms with E-state index in [0.717, 1.165) is 9.80 Å². The van der Waals surface area contributed by atoms with Gasteiger partial charge in [0.2, 0.25) is 11.8 Å². The number of nitrogens with zero attached hydrogens (tertiary/aromatic N) is 2. The highest BCUT2D eigenvalue weighted by Gasteiger charge is 2.58. The highest BCUT2D eigenvalue weighted by Crippen LogP contribution is 2.42. The second-order valence-corrected chi connectivity index (χ2v) is 28.3. The topological polar surface area (TPSA) is 130 Å². The van der Waals surface area contributed by atoms with Gasteiger partial charge >= 0.3 is 12.0 Å². The quantitative estimate of drug-likeness (QED) is 0.157. The zero-order valence-corrected chi connectivity index (χ0v) is 32.4. The highest BCUT2D eigenvalue weighted by molar-refractivity contribution is 6.70. The van der Waals surface area contributed by atoms with Crippen LogP contribution in [0.25, 0.3) is 0 Å². The Balaban J connectivity index is 2.52. The standard InChI is InChI=1S/C29H56N2O10Si3/c1-16-29(26(33)30(4)28(35)31(5)27(29)34)18(2)17-19(3)37-25-23(41-44(13,14)15)21(40-43(10,11)12)20(39-42(7,8)9)22(38-25)24(32)36-6/h18-23,25H,16-17H2,1-15H3. The molecule has 2 saturated heterocycles. The average Bonchev–Trinajstić information content (AvgIpc) is 2.87. The van der Waals surface area contributed by atoms with Gasteiger partial charge in [0, 0.05) is 14.1 Å². The molecular weight excluding hydrogens is 621 g/mol. The Morgan fingerprint density at radius 1 is 0.818 bits per heavy atom. The van der Waals surface area contributed by atoms with Crippen molar-refractivity contribution in [3.8, 4) is 0 Å². The summed E-state index contributed by atoms with van der Waals surface area (Å²) in [5, 5.41) is 0. The van der Waals surface area contributed by atoms with Crippen LogP contribution in [0.15, 0.2) is 0 Å². The summed E-state index contributed by atoms with van der Waals surface area (Å²) >= 11 is 0. The molecule has 15 heteroatoms. The zero-order chi connectivity index (χ0) is 34.2. The molecule has 2 heterocycles. The summed E-state index contributed by atoms with van der Waals surface area (Å²) in [5.41, 5.74) is -1.43. The minimum Gasteiger partial charge on any atom is -0.467 e. The smallest absolute Gasteiger partial charge is 0.337 e. The van der Waals surface area contributed by atoms with Gasteiger partial charge in [-0.3, -0.25) is 19.4 Å². The van der Waals surface area contributed by atoms with E-state index in [1.807, 2.05) is 33.5 Å². The van der Waals surface area contributed by atoms with Crippen LogP contribution in [0.2, 0.25) is 58.9 Å². The molecule has 0 radical (unpaired) electrons. The predicted octanol–water partition coefficient (Wildman–Crippen LogP) is 4.42. The summed E-state index contributed by atoms with van der Waals surface area (Å²) in [7, 11) is -2.59. The Hall–Kier alpha value is -1.47. The molecule has 0 aromatic rings. The number of carbonyl (C=O) groups is 4. The molecule has 4 amide bonds. The van der Waals surface area contributed by atoms with Gasteiger partial charge in [0.05, 0.1) is 13.2 Å². The summed E-state index contributed by atoms with van der Waals surface area (Å²) in [6, 6.07) is -0.653. The Kier molecular flexibility index (Phi) is 12.4. The van der Waals surface area contributed by atoms with Crippen LogP contribution in [0.5, 0.6) is 0 Å². The first kappa shape index (κ1) is 38.7. The van der Waals surface area contributed by atoms with Crippen LogP contribution in [-0.4, -0.2) is 117 Å². The lowest BCUT2D eigenvalue weighted by Crippen LogP contribution is -2.67. The van der Waals surface area contributed by atoms with Crippen molar-refractivity contribution in [2.24, 2.45) is 11.3 Å². The van der Waals surface area contributed by atoms with E-state index in [4.69, 9.17) is 27.5 Å². The maximum absolute atomic E-state index is 13.4. The van der Waals surface area contributed by atoms with Gasteiger partial charge < -0.3 is 27.5 Å². The minimum absolute atomic E-state index is 0.216. The fraction of sp³-hybridized carbons (Fsp3) is 0.862. The van der Waals surface area contributed by atoms with Crippen molar-refractivity contribution >= 4 is 48.8 Å². The van der Waals surface area contributed by atoms with Crippen molar-refractivity contribution in [2.45, 2.75) is 129 Å². The molecule has 0 aromatic heterocycles. The molecule has 2 aliphatic rings. The number of methoxy groups -OCH3 is 1. The summed E-state index contributed by atoms with van der Waals surface area (Å²) in [5.74, 6) is -2.14. The van der Waals surface area contributed by atoms with Gasteiger partial charge in [0.25, 0.3) is 0 Å². The molecule has 0 aliphatic carbocycles. The summed E-state index contributed by atoms with van der Waals surface area (Å²) < 4.78 is 38.1. The van der Waals surface area contributed by atoms with Crippen molar-refractivity contribution in [1.82, 2.24) is 9.80 Å². The molecular formula is C29H56N2O10Si3. The summed E-state index contributed by atoms with van der Waals surface area (Å²) in [6.45, 7) is 23.9. The van der Waals surface area contributed by atoms with Crippen LogP contribution in [-0.2, 0) is 41.9 Å². The van der Waals surface area contributed by atoms with Gasteiger partial charge in [-0.15, -0.1) is 0 Å². The zero-order valence-electron chi connectivity index (χ0n) is 29.4. The van der Waals surface area contributed by atoms with Crippen molar-refractivity contribution < 1.29 is 46.7 Å². The van der Waals surface area contributed by atoms with E-state index in [-0.39, 0.29) is 12.8 Å². The Morgan fingerprint density at radius 2 is 1.25 bits per heavy atom. The lowest BCUT2D eigenvalue weighted by molar-refractivity contribution is -0.295. The third-order valence-corrected chi connectivity index (χ3v) is 10.7. The number of amides is 4. The fourth-order valence-electron chi connectivity index (χ4n) is 5.98. The van der Waals surface area contributed by atoms with E-state index in [2.05, 4.69) is 39.3 Å². The van der Waals surface area contributed by atoms with Crippen molar-refractivity contribution in [1.29, 1.82) is 0 Å². The largest absolute Gasteiger partial charge is 0.467 e. The molecule has 254 valence electrons.